The van der Waals surface area contributed by atoms with E-state index in [2.05, 4.69) is 0 Å². The normalized spacial score (nSPS) is 12.8. The molecule has 1 aromatic heterocycles. The third kappa shape index (κ3) is 4.53. The van der Waals surface area contributed by atoms with Crippen molar-refractivity contribution in [1.82, 2.24) is 9.21 Å². The van der Waals surface area contributed by atoms with Crippen LogP contribution in [0.4, 0.5) is 0 Å². The lowest BCUT2D eigenvalue weighted by Gasteiger charge is -2.25. The Morgan fingerprint density at radius 2 is 1.95 bits per heavy atom. The molecule has 20 heavy (non-hydrogen) atoms. The monoisotopic (exact) mass is 319 g/mol. The molecule has 2 N–H and O–H groups in total. The first-order valence-corrected chi connectivity index (χ1v) is 9.02. The van der Waals surface area contributed by atoms with Crippen LogP contribution < -0.4 is 5.73 Å². The largest absolute Gasteiger partial charge is 0.326 e. The summed E-state index contributed by atoms with van der Waals surface area (Å²) in [6.45, 7) is 6.03. The molecule has 0 aliphatic rings. The standard InChI is InChI=1S/C13H25N3O2S2/c1-11(2)10-16(7-6-15(3)4)20(17,18)13-5-8-19-12(13)9-14/h5,8,11H,6-7,9-10,14H2,1-4H3. The molecule has 0 amide bonds. The molecule has 0 fully saturated rings. The van der Waals surface area contributed by atoms with E-state index in [-0.39, 0.29) is 12.5 Å². The maximum atomic E-state index is 12.8. The summed E-state index contributed by atoms with van der Waals surface area (Å²) in [6.07, 6.45) is 0. The van der Waals surface area contributed by atoms with Gasteiger partial charge in [-0.15, -0.1) is 11.3 Å². The Kier molecular flexibility index (Phi) is 6.60. The van der Waals surface area contributed by atoms with Crippen molar-refractivity contribution < 1.29 is 8.42 Å². The number of hydrogen-bond acceptors (Lipinski definition) is 5. The highest BCUT2D eigenvalue weighted by molar-refractivity contribution is 7.89. The molecule has 0 radical (unpaired) electrons. The number of nitrogens with zero attached hydrogens (tertiary/aromatic N) is 2. The van der Waals surface area contributed by atoms with Gasteiger partial charge in [0.15, 0.2) is 0 Å². The molecule has 0 atom stereocenters. The molecule has 5 nitrogen and oxygen atoms in total. The van der Waals surface area contributed by atoms with E-state index in [4.69, 9.17) is 5.73 Å². The minimum absolute atomic E-state index is 0.259. The number of nitrogens with two attached hydrogens (primary N) is 1. The van der Waals surface area contributed by atoms with Crippen LogP contribution in [0.3, 0.4) is 0 Å². The van der Waals surface area contributed by atoms with Crippen molar-refractivity contribution in [2.75, 3.05) is 33.7 Å². The Morgan fingerprint density at radius 3 is 2.45 bits per heavy atom. The van der Waals surface area contributed by atoms with E-state index >= 15 is 0 Å². The fourth-order valence-electron chi connectivity index (χ4n) is 1.88. The van der Waals surface area contributed by atoms with Gasteiger partial charge in [0, 0.05) is 31.1 Å². The molecule has 116 valence electrons. The van der Waals surface area contributed by atoms with E-state index in [1.807, 2.05) is 32.8 Å². The molecule has 0 unspecified atom stereocenters. The topological polar surface area (TPSA) is 66.6 Å². The Labute approximate surface area is 126 Å². The molecule has 7 heteroatoms. The van der Waals surface area contributed by atoms with Crippen LogP contribution in [0.5, 0.6) is 0 Å². The molecular weight excluding hydrogens is 294 g/mol. The van der Waals surface area contributed by atoms with Gasteiger partial charge in [-0.2, -0.15) is 4.31 Å². The predicted molar refractivity (Wildman–Crippen MR) is 84.4 cm³/mol. The van der Waals surface area contributed by atoms with Crippen molar-refractivity contribution in [3.8, 4) is 0 Å². The first-order valence-electron chi connectivity index (χ1n) is 6.70. The van der Waals surface area contributed by atoms with Crippen molar-refractivity contribution in [3.63, 3.8) is 0 Å². The lowest BCUT2D eigenvalue weighted by molar-refractivity contribution is 0.312. The number of hydrogen-bond donors (Lipinski definition) is 1. The highest BCUT2D eigenvalue weighted by Crippen LogP contribution is 2.25. The van der Waals surface area contributed by atoms with Gasteiger partial charge in [-0.3, -0.25) is 0 Å². The third-order valence-corrected chi connectivity index (χ3v) is 5.90. The fraction of sp³-hybridized carbons (Fsp3) is 0.692. The minimum atomic E-state index is -3.45. The zero-order valence-electron chi connectivity index (χ0n) is 12.7. The van der Waals surface area contributed by atoms with Crippen molar-refractivity contribution >= 4 is 21.4 Å². The lowest BCUT2D eigenvalue weighted by Crippen LogP contribution is -2.39. The molecular formula is C13H25N3O2S2. The summed E-state index contributed by atoms with van der Waals surface area (Å²) >= 11 is 1.40. The SMILES string of the molecule is CC(C)CN(CCN(C)C)S(=O)(=O)c1ccsc1CN. The van der Waals surface area contributed by atoms with Crippen molar-refractivity contribution in [3.05, 3.63) is 16.3 Å². The molecule has 1 rings (SSSR count). The zero-order chi connectivity index (χ0) is 15.3. The average Bonchev–Trinajstić information content (AvgIpc) is 2.82. The zero-order valence-corrected chi connectivity index (χ0v) is 14.3. The molecule has 1 heterocycles. The van der Waals surface area contributed by atoms with Gasteiger partial charge >= 0.3 is 0 Å². The fourth-order valence-corrected chi connectivity index (χ4v) is 4.78. The van der Waals surface area contributed by atoms with Crippen LogP contribution in [-0.2, 0) is 16.6 Å². The summed E-state index contributed by atoms with van der Waals surface area (Å²) in [4.78, 5) is 3.08. The minimum Gasteiger partial charge on any atom is -0.326 e. The molecule has 0 saturated heterocycles. The number of thiophene rings is 1. The average molecular weight is 319 g/mol. The third-order valence-electron chi connectivity index (χ3n) is 2.87. The first-order chi connectivity index (χ1) is 9.28. The van der Waals surface area contributed by atoms with Crippen LogP contribution in [0.15, 0.2) is 16.3 Å². The van der Waals surface area contributed by atoms with Crippen LogP contribution in [-0.4, -0.2) is 51.4 Å². The van der Waals surface area contributed by atoms with E-state index < -0.39 is 10.0 Å². The second-order valence-electron chi connectivity index (χ2n) is 5.47. The Bertz CT molecular complexity index is 509. The summed E-state index contributed by atoms with van der Waals surface area (Å²) < 4.78 is 27.1. The molecule has 0 aliphatic heterocycles. The quantitative estimate of drug-likeness (QED) is 0.787. The maximum Gasteiger partial charge on any atom is 0.244 e. The second-order valence-corrected chi connectivity index (χ2v) is 8.38. The summed E-state index contributed by atoms with van der Waals surface area (Å²) in [5.41, 5.74) is 5.63. The first kappa shape index (κ1) is 17.6. The summed E-state index contributed by atoms with van der Waals surface area (Å²) in [6, 6.07) is 1.66. The molecule has 0 aliphatic carbocycles. The summed E-state index contributed by atoms with van der Waals surface area (Å²) in [5, 5.41) is 1.79. The Balaban J connectivity index is 3.04. The second kappa shape index (κ2) is 7.51. The van der Waals surface area contributed by atoms with Crippen LogP contribution in [0.25, 0.3) is 0 Å². The van der Waals surface area contributed by atoms with Crippen LogP contribution in [0.1, 0.15) is 18.7 Å². The molecule has 0 bridgehead atoms. The highest BCUT2D eigenvalue weighted by Gasteiger charge is 2.27. The van der Waals surface area contributed by atoms with Crippen molar-refractivity contribution in [2.45, 2.75) is 25.3 Å². The summed E-state index contributed by atoms with van der Waals surface area (Å²) in [5.74, 6) is 0.284. The Morgan fingerprint density at radius 1 is 1.30 bits per heavy atom. The smallest absolute Gasteiger partial charge is 0.244 e. The van der Waals surface area contributed by atoms with E-state index in [1.165, 1.54) is 11.3 Å². The van der Waals surface area contributed by atoms with Crippen LogP contribution in [0, 0.1) is 5.92 Å². The van der Waals surface area contributed by atoms with E-state index in [0.29, 0.717) is 24.5 Å². The maximum absolute atomic E-state index is 12.8. The van der Waals surface area contributed by atoms with Gasteiger partial charge in [0.2, 0.25) is 10.0 Å². The Hall–Kier alpha value is -0.470. The van der Waals surface area contributed by atoms with Gasteiger partial charge < -0.3 is 10.6 Å². The number of rotatable bonds is 8. The number of sulfonamides is 1. The van der Waals surface area contributed by atoms with Gasteiger partial charge in [-0.25, -0.2) is 8.42 Å². The predicted octanol–water partition coefficient (Wildman–Crippen LogP) is 1.42. The van der Waals surface area contributed by atoms with Gasteiger partial charge in [-0.05, 0) is 31.5 Å². The van der Waals surface area contributed by atoms with Crippen LogP contribution in [0.2, 0.25) is 0 Å². The molecule has 1 aromatic rings. The molecule has 0 spiro atoms. The van der Waals surface area contributed by atoms with E-state index in [0.717, 1.165) is 4.88 Å². The lowest BCUT2D eigenvalue weighted by atomic mass is 10.2. The highest BCUT2D eigenvalue weighted by atomic mass is 32.2. The van der Waals surface area contributed by atoms with Crippen molar-refractivity contribution in [2.24, 2.45) is 11.7 Å². The van der Waals surface area contributed by atoms with E-state index in [1.54, 1.807) is 15.8 Å². The number of likely N-dealkylation sites (N-methyl/N-ethyl adjacent to an activating group) is 1. The van der Waals surface area contributed by atoms with Crippen molar-refractivity contribution in [1.29, 1.82) is 0 Å². The van der Waals surface area contributed by atoms with Gasteiger partial charge in [0.05, 0.1) is 4.90 Å². The molecule has 0 aromatic carbocycles. The van der Waals surface area contributed by atoms with Gasteiger partial charge in [0.1, 0.15) is 0 Å². The van der Waals surface area contributed by atoms with Gasteiger partial charge in [0.25, 0.3) is 0 Å². The molecule has 0 saturated carbocycles. The van der Waals surface area contributed by atoms with E-state index in [9.17, 15) is 8.42 Å². The summed E-state index contributed by atoms with van der Waals surface area (Å²) in [7, 11) is 0.427. The van der Waals surface area contributed by atoms with Crippen LogP contribution >= 0.6 is 11.3 Å². The van der Waals surface area contributed by atoms with Gasteiger partial charge in [-0.1, -0.05) is 13.8 Å².